The molecule has 0 aromatic heterocycles. The van der Waals surface area contributed by atoms with Crippen LogP contribution in [0.25, 0.3) is 0 Å². The second kappa shape index (κ2) is 6.14. The fraction of sp³-hybridized carbons (Fsp3) is 0.400. The van der Waals surface area contributed by atoms with Crippen molar-refractivity contribution in [3.8, 4) is 0 Å². The molecule has 0 heterocycles. The number of halogens is 2. The van der Waals surface area contributed by atoms with Gasteiger partial charge in [-0.15, -0.1) is 0 Å². The van der Waals surface area contributed by atoms with Crippen molar-refractivity contribution < 1.29 is 8.42 Å². The van der Waals surface area contributed by atoms with Gasteiger partial charge in [-0.25, -0.2) is 13.1 Å². The second-order valence-electron chi connectivity index (χ2n) is 3.42. The van der Waals surface area contributed by atoms with Crippen molar-refractivity contribution in [1.82, 2.24) is 4.72 Å². The van der Waals surface area contributed by atoms with Gasteiger partial charge in [-0.05, 0) is 19.1 Å². The minimum atomic E-state index is -3.38. The van der Waals surface area contributed by atoms with E-state index in [-0.39, 0.29) is 4.83 Å². The monoisotopic (exact) mass is 369 g/mol. The van der Waals surface area contributed by atoms with Crippen LogP contribution >= 0.6 is 31.9 Å². The van der Waals surface area contributed by atoms with E-state index < -0.39 is 10.0 Å². The van der Waals surface area contributed by atoms with Crippen LogP contribution in [0.5, 0.6) is 0 Å². The Labute approximate surface area is 113 Å². The standard InChI is InChI=1S/C10H13Br2NO2S/c1-8-2-4-10(5-3-8)16(14,15)13-7-9(12)6-11/h2-5,9,13H,6-7H2,1H3. The Hall–Kier alpha value is 0.0900. The number of nitrogens with one attached hydrogen (secondary N) is 1. The highest BCUT2D eigenvalue weighted by atomic mass is 79.9. The topological polar surface area (TPSA) is 46.2 Å². The molecule has 3 nitrogen and oxygen atoms in total. The molecule has 0 saturated heterocycles. The quantitative estimate of drug-likeness (QED) is 0.809. The molecule has 16 heavy (non-hydrogen) atoms. The Bertz CT molecular complexity index is 431. The number of aryl methyl sites for hydroxylation is 1. The fourth-order valence-electron chi connectivity index (χ4n) is 1.06. The predicted octanol–water partition coefficient (Wildman–Crippen LogP) is 2.43. The summed E-state index contributed by atoms with van der Waals surface area (Å²) in [5.74, 6) is 0. The first-order valence-electron chi connectivity index (χ1n) is 4.72. The molecule has 1 atom stereocenters. The summed E-state index contributed by atoms with van der Waals surface area (Å²) in [5.41, 5.74) is 1.04. The highest BCUT2D eigenvalue weighted by Crippen LogP contribution is 2.10. The summed E-state index contributed by atoms with van der Waals surface area (Å²) >= 11 is 6.61. The molecule has 90 valence electrons. The molecule has 0 amide bonds. The van der Waals surface area contributed by atoms with E-state index in [1.54, 1.807) is 24.3 Å². The first-order chi connectivity index (χ1) is 7.45. The molecule has 1 rings (SSSR count). The van der Waals surface area contributed by atoms with E-state index in [1.807, 2.05) is 6.92 Å². The zero-order valence-electron chi connectivity index (χ0n) is 8.78. The van der Waals surface area contributed by atoms with Crippen LogP contribution in [0.4, 0.5) is 0 Å². The van der Waals surface area contributed by atoms with E-state index >= 15 is 0 Å². The molecule has 0 aliphatic heterocycles. The zero-order valence-corrected chi connectivity index (χ0v) is 12.8. The lowest BCUT2D eigenvalue weighted by Crippen LogP contribution is -2.30. The van der Waals surface area contributed by atoms with Gasteiger partial charge < -0.3 is 0 Å². The summed E-state index contributed by atoms with van der Waals surface area (Å²) in [6.45, 7) is 2.28. The average Bonchev–Trinajstić information content (AvgIpc) is 2.26. The summed E-state index contributed by atoms with van der Waals surface area (Å²) in [4.78, 5) is 0.389. The lowest BCUT2D eigenvalue weighted by Gasteiger charge is -2.09. The van der Waals surface area contributed by atoms with Gasteiger partial charge in [-0.2, -0.15) is 0 Å². The summed E-state index contributed by atoms with van der Waals surface area (Å²) in [6.07, 6.45) is 0. The van der Waals surface area contributed by atoms with Crippen LogP contribution in [-0.2, 0) is 10.0 Å². The van der Waals surface area contributed by atoms with Crippen LogP contribution in [0.2, 0.25) is 0 Å². The molecule has 1 aromatic carbocycles. The molecule has 0 aliphatic rings. The van der Waals surface area contributed by atoms with Gasteiger partial charge in [-0.3, -0.25) is 0 Å². The van der Waals surface area contributed by atoms with E-state index in [1.165, 1.54) is 0 Å². The number of sulfonamides is 1. The van der Waals surface area contributed by atoms with E-state index in [4.69, 9.17) is 0 Å². The van der Waals surface area contributed by atoms with Crippen LogP contribution in [-0.4, -0.2) is 25.1 Å². The highest BCUT2D eigenvalue weighted by Gasteiger charge is 2.14. The van der Waals surface area contributed by atoms with Gasteiger partial charge >= 0.3 is 0 Å². The Kier molecular flexibility index (Phi) is 5.43. The smallest absolute Gasteiger partial charge is 0.210 e. The number of rotatable bonds is 5. The summed E-state index contributed by atoms with van der Waals surface area (Å²) in [6, 6.07) is 6.78. The molecule has 0 radical (unpaired) electrons. The van der Waals surface area contributed by atoms with E-state index in [9.17, 15) is 8.42 Å². The third-order valence-electron chi connectivity index (χ3n) is 1.99. The molecule has 0 spiro atoms. The van der Waals surface area contributed by atoms with E-state index in [0.717, 1.165) is 5.56 Å². The number of hydrogen-bond acceptors (Lipinski definition) is 2. The second-order valence-corrected chi connectivity index (χ2v) is 7.13. The van der Waals surface area contributed by atoms with Gasteiger partial charge in [0.2, 0.25) is 10.0 Å². The SMILES string of the molecule is Cc1ccc(S(=O)(=O)NCC(Br)CBr)cc1. The van der Waals surface area contributed by atoms with Crippen molar-refractivity contribution in [3.63, 3.8) is 0 Å². The summed E-state index contributed by atoms with van der Waals surface area (Å²) < 4.78 is 26.2. The van der Waals surface area contributed by atoms with Crippen LogP contribution < -0.4 is 4.72 Å². The lowest BCUT2D eigenvalue weighted by molar-refractivity contribution is 0.582. The van der Waals surface area contributed by atoms with Crippen LogP contribution in [0.1, 0.15) is 5.56 Å². The molecule has 1 N–H and O–H groups in total. The Morgan fingerprint density at radius 2 is 1.88 bits per heavy atom. The fourth-order valence-corrected chi connectivity index (χ4v) is 2.74. The van der Waals surface area contributed by atoms with E-state index in [2.05, 4.69) is 36.6 Å². The molecule has 1 aromatic rings. The van der Waals surface area contributed by atoms with Crippen molar-refractivity contribution in [2.75, 3.05) is 11.9 Å². The predicted molar refractivity (Wildman–Crippen MR) is 72.9 cm³/mol. The Morgan fingerprint density at radius 1 is 1.31 bits per heavy atom. The highest BCUT2D eigenvalue weighted by molar-refractivity contribution is 9.12. The van der Waals surface area contributed by atoms with Crippen LogP contribution in [0.15, 0.2) is 29.2 Å². The van der Waals surface area contributed by atoms with Crippen molar-refractivity contribution in [3.05, 3.63) is 29.8 Å². The first-order valence-corrected chi connectivity index (χ1v) is 8.24. The Balaban J connectivity index is 2.74. The number of benzene rings is 1. The van der Waals surface area contributed by atoms with Gasteiger partial charge in [0, 0.05) is 16.7 Å². The third kappa shape index (κ3) is 4.16. The van der Waals surface area contributed by atoms with Gasteiger partial charge in [0.05, 0.1) is 4.90 Å². The summed E-state index contributed by atoms with van der Waals surface area (Å²) in [7, 11) is -3.38. The van der Waals surface area contributed by atoms with Crippen molar-refractivity contribution >= 4 is 41.9 Å². The van der Waals surface area contributed by atoms with Gasteiger partial charge in [-0.1, -0.05) is 49.6 Å². The average molecular weight is 371 g/mol. The molecule has 0 saturated carbocycles. The maximum atomic E-state index is 11.8. The zero-order chi connectivity index (χ0) is 12.2. The third-order valence-corrected chi connectivity index (χ3v) is 5.73. The van der Waals surface area contributed by atoms with Gasteiger partial charge in [0.15, 0.2) is 0 Å². The molecular weight excluding hydrogens is 358 g/mol. The normalized spacial score (nSPS) is 13.7. The molecular formula is C10H13Br2NO2S. The molecule has 0 bridgehead atoms. The lowest BCUT2D eigenvalue weighted by atomic mass is 10.2. The van der Waals surface area contributed by atoms with Gasteiger partial charge in [0.1, 0.15) is 0 Å². The maximum absolute atomic E-state index is 11.8. The van der Waals surface area contributed by atoms with Crippen molar-refractivity contribution in [2.45, 2.75) is 16.6 Å². The van der Waals surface area contributed by atoms with Crippen LogP contribution in [0.3, 0.4) is 0 Å². The Morgan fingerprint density at radius 3 is 2.38 bits per heavy atom. The molecule has 6 heteroatoms. The van der Waals surface area contributed by atoms with Crippen molar-refractivity contribution in [1.29, 1.82) is 0 Å². The number of hydrogen-bond donors (Lipinski definition) is 1. The van der Waals surface area contributed by atoms with Crippen molar-refractivity contribution in [2.24, 2.45) is 0 Å². The molecule has 0 aliphatic carbocycles. The summed E-state index contributed by atoms with van der Waals surface area (Å²) in [5, 5.41) is 0.698. The number of alkyl halides is 2. The van der Waals surface area contributed by atoms with E-state index in [0.29, 0.717) is 16.8 Å². The van der Waals surface area contributed by atoms with Crippen LogP contribution in [0, 0.1) is 6.92 Å². The molecule has 0 fully saturated rings. The van der Waals surface area contributed by atoms with Gasteiger partial charge in [0.25, 0.3) is 0 Å². The largest absolute Gasteiger partial charge is 0.240 e. The minimum Gasteiger partial charge on any atom is -0.210 e. The first kappa shape index (κ1) is 14.2. The minimum absolute atomic E-state index is 0.0905. The maximum Gasteiger partial charge on any atom is 0.240 e. The molecule has 1 unspecified atom stereocenters.